The third-order valence-electron chi connectivity index (χ3n) is 2.14. The number of hydrogen-bond acceptors (Lipinski definition) is 3. The quantitative estimate of drug-likeness (QED) is 0.751. The predicted octanol–water partition coefficient (Wildman–Crippen LogP) is 2.34. The molecule has 0 amide bonds. The number of hydrogen-bond donors (Lipinski definition) is 1. The first kappa shape index (κ1) is 10.6. The molecule has 0 heterocycles. The van der Waals surface area contributed by atoms with Crippen LogP contribution >= 0.6 is 0 Å². The van der Waals surface area contributed by atoms with Crippen molar-refractivity contribution in [3.63, 3.8) is 0 Å². The second kappa shape index (κ2) is 4.13. The molecule has 1 rings (SSSR count). The Hall–Kier alpha value is -1.51. The summed E-state index contributed by atoms with van der Waals surface area (Å²) >= 11 is 0. The number of phenols is 1. The average molecular weight is 194 g/mol. The summed E-state index contributed by atoms with van der Waals surface area (Å²) in [5.74, 6) is 0.779. The fourth-order valence-electron chi connectivity index (χ4n) is 1.50. The van der Waals surface area contributed by atoms with Crippen molar-refractivity contribution in [2.24, 2.45) is 0 Å². The second-order valence-corrected chi connectivity index (χ2v) is 3.39. The lowest BCUT2D eigenvalue weighted by atomic mass is 9.96. The number of rotatable bonds is 3. The van der Waals surface area contributed by atoms with E-state index in [4.69, 9.17) is 4.74 Å². The van der Waals surface area contributed by atoms with Gasteiger partial charge in [-0.25, -0.2) is 0 Å². The molecule has 0 bridgehead atoms. The lowest BCUT2D eigenvalue weighted by Gasteiger charge is -2.14. The van der Waals surface area contributed by atoms with Gasteiger partial charge in [0.15, 0.2) is 6.29 Å². The minimum atomic E-state index is 0.00417. The molecule has 76 valence electrons. The Morgan fingerprint density at radius 2 is 2.07 bits per heavy atom. The van der Waals surface area contributed by atoms with Gasteiger partial charge in [-0.05, 0) is 18.1 Å². The molecule has 0 aliphatic heterocycles. The Bertz CT molecular complexity index is 343. The van der Waals surface area contributed by atoms with Crippen LogP contribution in [-0.2, 0) is 0 Å². The van der Waals surface area contributed by atoms with Crippen molar-refractivity contribution >= 4 is 6.29 Å². The van der Waals surface area contributed by atoms with Crippen LogP contribution in [-0.4, -0.2) is 18.5 Å². The molecule has 1 aromatic carbocycles. The maximum Gasteiger partial charge on any atom is 0.154 e. The molecule has 0 saturated heterocycles. The highest BCUT2D eigenvalue weighted by atomic mass is 16.5. The summed E-state index contributed by atoms with van der Waals surface area (Å²) in [6, 6.07) is 3.13. The first-order valence-electron chi connectivity index (χ1n) is 4.46. The molecular weight excluding hydrogens is 180 g/mol. The number of phenolic OH excluding ortho intramolecular Hbond substituents is 1. The number of ether oxygens (including phenoxy) is 1. The minimum Gasteiger partial charge on any atom is -0.507 e. The highest BCUT2D eigenvalue weighted by molar-refractivity contribution is 5.83. The van der Waals surface area contributed by atoms with Crippen LogP contribution in [0.4, 0.5) is 0 Å². The van der Waals surface area contributed by atoms with Gasteiger partial charge in [0.25, 0.3) is 0 Å². The van der Waals surface area contributed by atoms with Crippen LogP contribution in [0.15, 0.2) is 12.1 Å². The minimum absolute atomic E-state index is 0.00417. The zero-order valence-electron chi connectivity index (χ0n) is 8.57. The number of carbonyl (C=O) groups is 1. The molecule has 1 aromatic rings. The van der Waals surface area contributed by atoms with E-state index in [0.717, 1.165) is 5.56 Å². The summed E-state index contributed by atoms with van der Waals surface area (Å²) < 4.78 is 5.13. The normalized spacial score (nSPS) is 10.3. The molecule has 0 fully saturated rings. The molecule has 1 N–H and O–H groups in total. The molecule has 0 atom stereocenters. The highest BCUT2D eigenvalue weighted by Crippen LogP contribution is 2.33. The van der Waals surface area contributed by atoms with Gasteiger partial charge in [-0.1, -0.05) is 13.8 Å². The molecule has 0 aliphatic rings. The fraction of sp³-hybridized carbons (Fsp3) is 0.364. The van der Waals surface area contributed by atoms with E-state index in [1.807, 2.05) is 13.8 Å². The van der Waals surface area contributed by atoms with Crippen molar-refractivity contribution < 1.29 is 14.6 Å². The number of aromatic hydroxyl groups is 1. The monoisotopic (exact) mass is 194 g/mol. The number of benzene rings is 1. The van der Waals surface area contributed by atoms with Gasteiger partial charge in [0.1, 0.15) is 11.5 Å². The second-order valence-electron chi connectivity index (χ2n) is 3.39. The van der Waals surface area contributed by atoms with Gasteiger partial charge >= 0.3 is 0 Å². The van der Waals surface area contributed by atoms with Gasteiger partial charge in [0.05, 0.1) is 12.7 Å². The van der Waals surface area contributed by atoms with Crippen LogP contribution in [0.2, 0.25) is 0 Å². The molecule has 0 spiro atoms. The molecule has 0 saturated carbocycles. The number of carbonyl (C=O) groups excluding carboxylic acids is 1. The Labute approximate surface area is 83.3 Å². The molecular formula is C11H14O3. The average Bonchev–Trinajstić information content (AvgIpc) is 2.17. The van der Waals surface area contributed by atoms with Gasteiger partial charge < -0.3 is 9.84 Å². The van der Waals surface area contributed by atoms with Crippen molar-refractivity contribution in [1.82, 2.24) is 0 Å². The van der Waals surface area contributed by atoms with Gasteiger partial charge in [-0.3, -0.25) is 4.79 Å². The molecule has 3 nitrogen and oxygen atoms in total. The first-order valence-corrected chi connectivity index (χ1v) is 4.46. The summed E-state index contributed by atoms with van der Waals surface area (Å²) in [6.45, 7) is 3.90. The number of aldehydes is 1. The Morgan fingerprint density at radius 1 is 1.43 bits per heavy atom. The lowest BCUT2D eigenvalue weighted by Crippen LogP contribution is -1.99. The third-order valence-corrected chi connectivity index (χ3v) is 2.14. The first-order chi connectivity index (χ1) is 6.61. The number of methoxy groups -OCH3 is 1. The van der Waals surface area contributed by atoms with E-state index in [9.17, 15) is 9.90 Å². The zero-order chi connectivity index (χ0) is 10.7. The van der Waals surface area contributed by atoms with E-state index >= 15 is 0 Å². The molecule has 0 radical (unpaired) electrons. The highest BCUT2D eigenvalue weighted by Gasteiger charge is 2.15. The molecule has 0 aromatic heterocycles. The van der Waals surface area contributed by atoms with E-state index in [1.54, 1.807) is 13.2 Å². The third kappa shape index (κ3) is 1.71. The maximum absolute atomic E-state index is 10.8. The summed E-state index contributed by atoms with van der Waals surface area (Å²) in [6.07, 6.45) is 0.660. The van der Waals surface area contributed by atoms with E-state index in [2.05, 4.69) is 0 Å². The Kier molecular flexibility index (Phi) is 3.12. The van der Waals surface area contributed by atoms with Crippen LogP contribution in [0.3, 0.4) is 0 Å². The van der Waals surface area contributed by atoms with Crippen molar-refractivity contribution in [3.8, 4) is 11.5 Å². The zero-order valence-corrected chi connectivity index (χ0v) is 8.57. The summed E-state index contributed by atoms with van der Waals surface area (Å²) in [5.41, 5.74) is 1.07. The van der Waals surface area contributed by atoms with E-state index in [1.165, 1.54) is 6.07 Å². The summed E-state index contributed by atoms with van der Waals surface area (Å²) in [5, 5.41) is 9.47. The van der Waals surface area contributed by atoms with E-state index < -0.39 is 0 Å². The largest absolute Gasteiger partial charge is 0.507 e. The summed E-state index contributed by atoms with van der Waals surface area (Å²) in [7, 11) is 1.55. The molecule has 0 aliphatic carbocycles. The van der Waals surface area contributed by atoms with Crippen LogP contribution in [0.1, 0.15) is 35.7 Å². The van der Waals surface area contributed by atoms with Crippen LogP contribution in [0.5, 0.6) is 11.5 Å². The van der Waals surface area contributed by atoms with Gasteiger partial charge in [-0.2, -0.15) is 0 Å². The van der Waals surface area contributed by atoms with Crippen molar-refractivity contribution in [3.05, 3.63) is 23.3 Å². The lowest BCUT2D eigenvalue weighted by molar-refractivity contribution is 0.111. The van der Waals surface area contributed by atoms with Crippen molar-refractivity contribution in [2.45, 2.75) is 19.8 Å². The van der Waals surface area contributed by atoms with Crippen molar-refractivity contribution in [2.75, 3.05) is 7.11 Å². The smallest absolute Gasteiger partial charge is 0.154 e. The topological polar surface area (TPSA) is 46.5 Å². The van der Waals surface area contributed by atoms with E-state index in [-0.39, 0.29) is 11.7 Å². The molecule has 0 unspecified atom stereocenters. The molecule has 3 heteroatoms. The van der Waals surface area contributed by atoms with Crippen LogP contribution in [0, 0.1) is 0 Å². The molecule has 14 heavy (non-hydrogen) atoms. The van der Waals surface area contributed by atoms with Gasteiger partial charge in [0, 0.05) is 5.56 Å². The fourth-order valence-corrected chi connectivity index (χ4v) is 1.50. The SMILES string of the molecule is COc1ccc(O)c(C=O)c1C(C)C. The standard InChI is InChI=1S/C11H14O3/c1-7(2)11-8(6-12)9(13)4-5-10(11)14-3/h4-7,13H,1-3H3. The van der Waals surface area contributed by atoms with Crippen molar-refractivity contribution in [1.29, 1.82) is 0 Å². The maximum atomic E-state index is 10.8. The van der Waals surface area contributed by atoms with E-state index in [0.29, 0.717) is 17.6 Å². The predicted molar refractivity (Wildman–Crippen MR) is 54.1 cm³/mol. The van der Waals surface area contributed by atoms with Crippen LogP contribution in [0.25, 0.3) is 0 Å². The van der Waals surface area contributed by atoms with Gasteiger partial charge in [0.2, 0.25) is 0 Å². The Balaban J connectivity index is 3.43. The Morgan fingerprint density at radius 3 is 2.50 bits per heavy atom. The summed E-state index contributed by atoms with van der Waals surface area (Å²) in [4.78, 5) is 10.8. The van der Waals surface area contributed by atoms with Gasteiger partial charge in [-0.15, -0.1) is 0 Å². The van der Waals surface area contributed by atoms with Crippen LogP contribution < -0.4 is 4.74 Å².